The molecule has 1 aromatic carbocycles. The van der Waals surface area contributed by atoms with Gasteiger partial charge in [-0.1, -0.05) is 54.7 Å². The van der Waals surface area contributed by atoms with Crippen molar-refractivity contribution in [2.75, 3.05) is 32.7 Å². The molecule has 1 N–H and O–H groups in total. The van der Waals surface area contributed by atoms with E-state index >= 15 is 0 Å². The van der Waals surface area contributed by atoms with Gasteiger partial charge < -0.3 is 9.88 Å². The Balaban J connectivity index is 1.51. The molecule has 1 aliphatic rings. The van der Waals surface area contributed by atoms with E-state index in [0.717, 1.165) is 32.7 Å². The number of amides is 1. The molecule has 2 aromatic rings. The third-order valence-corrected chi connectivity index (χ3v) is 4.52. The quantitative estimate of drug-likeness (QED) is 0.870. The molecule has 5 heteroatoms. The molecule has 124 valence electrons. The fourth-order valence-electron chi connectivity index (χ4n) is 2.80. The van der Waals surface area contributed by atoms with Crippen molar-refractivity contribution in [2.24, 2.45) is 0 Å². The minimum atomic E-state index is 0.0244. The smallest absolute Gasteiger partial charge is 0.256 e. The summed E-state index contributed by atoms with van der Waals surface area (Å²) in [7, 11) is 0. The van der Waals surface area contributed by atoms with Crippen LogP contribution in [0.2, 0.25) is 0 Å². The van der Waals surface area contributed by atoms with Crippen molar-refractivity contribution < 1.29 is 4.79 Å². The number of aromatic nitrogens is 1. The molecule has 2 heterocycles. The van der Waals surface area contributed by atoms with E-state index < -0.39 is 0 Å². The lowest BCUT2D eigenvalue weighted by Crippen LogP contribution is -2.48. The first kappa shape index (κ1) is 16.6. The van der Waals surface area contributed by atoms with Crippen LogP contribution >= 0.6 is 12.2 Å². The summed E-state index contributed by atoms with van der Waals surface area (Å²) in [4.78, 5) is 19.7. The second-order valence-electron chi connectivity index (χ2n) is 5.82. The van der Waals surface area contributed by atoms with Crippen molar-refractivity contribution in [2.45, 2.75) is 0 Å². The van der Waals surface area contributed by atoms with Crippen LogP contribution in [0.5, 0.6) is 0 Å². The Hall–Kier alpha value is -2.24. The largest absolute Gasteiger partial charge is 0.352 e. The third-order valence-electron chi connectivity index (χ3n) is 4.18. The summed E-state index contributed by atoms with van der Waals surface area (Å²) in [5.41, 5.74) is 1.80. The lowest BCUT2D eigenvalue weighted by atomic mass is 10.2. The molecule has 4 nitrogen and oxygen atoms in total. The van der Waals surface area contributed by atoms with E-state index in [9.17, 15) is 4.79 Å². The Morgan fingerprint density at radius 2 is 1.83 bits per heavy atom. The molecule has 0 unspecified atom stereocenters. The first-order chi connectivity index (χ1) is 11.7. The van der Waals surface area contributed by atoms with Gasteiger partial charge in [0.25, 0.3) is 5.91 Å². The number of carbonyl (C=O) groups excluding carboxylic acids is 1. The van der Waals surface area contributed by atoms with Crippen LogP contribution in [0.1, 0.15) is 15.9 Å². The summed E-state index contributed by atoms with van der Waals surface area (Å²) in [6.45, 7) is 4.15. The normalized spacial score (nSPS) is 15.8. The van der Waals surface area contributed by atoms with Crippen LogP contribution in [0.25, 0.3) is 6.08 Å². The summed E-state index contributed by atoms with van der Waals surface area (Å²) >= 11 is 5.20. The molecule has 0 bridgehead atoms. The van der Waals surface area contributed by atoms with Gasteiger partial charge in [-0.3, -0.25) is 9.69 Å². The maximum absolute atomic E-state index is 12.5. The highest BCUT2D eigenvalue weighted by molar-refractivity contribution is 7.71. The van der Waals surface area contributed by atoms with Gasteiger partial charge in [0.1, 0.15) is 4.64 Å². The number of piperazine rings is 1. The van der Waals surface area contributed by atoms with Crippen LogP contribution in [0.4, 0.5) is 0 Å². The molecular weight excluding hydrogens is 318 g/mol. The molecule has 1 aliphatic heterocycles. The molecule has 1 amide bonds. The highest BCUT2D eigenvalue weighted by atomic mass is 32.1. The van der Waals surface area contributed by atoms with E-state index in [-0.39, 0.29) is 5.91 Å². The van der Waals surface area contributed by atoms with Gasteiger partial charge in [-0.05, 0) is 17.7 Å². The second kappa shape index (κ2) is 8.04. The number of pyridine rings is 1. The van der Waals surface area contributed by atoms with Gasteiger partial charge >= 0.3 is 0 Å². The SMILES string of the molecule is O=C(c1ccc[nH]c1=S)N1CCN(C/C=C/c2ccccc2)CC1. The highest BCUT2D eigenvalue weighted by Gasteiger charge is 2.22. The van der Waals surface area contributed by atoms with Gasteiger partial charge in [0, 0.05) is 38.9 Å². The lowest BCUT2D eigenvalue weighted by molar-refractivity contribution is 0.0649. The maximum atomic E-state index is 12.5. The Morgan fingerprint density at radius 3 is 2.54 bits per heavy atom. The van der Waals surface area contributed by atoms with Crippen molar-refractivity contribution in [1.29, 1.82) is 0 Å². The molecule has 0 atom stereocenters. The van der Waals surface area contributed by atoms with E-state index in [2.05, 4.69) is 34.2 Å². The van der Waals surface area contributed by atoms with Crippen LogP contribution in [-0.4, -0.2) is 53.4 Å². The number of H-pyrrole nitrogens is 1. The zero-order valence-corrected chi connectivity index (χ0v) is 14.3. The van der Waals surface area contributed by atoms with E-state index in [1.807, 2.05) is 29.2 Å². The van der Waals surface area contributed by atoms with E-state index in [1.165, 1.54) is 5.56 Å². The van der Waals surface area contributed by atoms with Crippen molar-refractivity contribution in [3.05, 3.63) is 70.5 Å². The number of nitrogens with zero attached hydrogens (tertiary/aromatic N) is 2. The van der Waals surface area contributed by atoms with E-state index in [0.29, 0.717) is 10.2 Å². The van der Waals surface area contributed by atoms with Crippen LogP contribution in [0.15, 0.2) is 54.7 Å². The summed E-state index contributed by atoms with van der Waals surface area (Å²) in [6.07, 6.45) is 6.07. The highest BCUT2D eigenvalue weighted by Crippen LogP contribution is 2.10. The zero-order chi connectivity index (χ0) is 16.8. The van der Waals surface area contributed by atoms with Crippen molar-refractivity contribution in [1.82, 2.24) is 14.8 Å². The van der Waals surface area contributed by atoms with Gasteiger partial charge in [-0.15, -0.1) is 0 Å². The molecule has 0 spiro atoms. The maximum Gasteiger partial charge on any atom is 0.256 e. The van der Waals surface area contributed by atoms with Gasteiger partial charge in [-0.25, -0.2) is 0 Å². The molecule has 1 saturated heterocycles. The number of hydrogen-bond donors (Lipinski definition) is 1. The Morgan fingerprint density at radius 1 is 1.08 bits per heavy atom. The van der Waals surface area contributed by atoms with Gasteiger partial charge in [0.05, 0.1) is 5.56 Å². The molecular formula is C19H21N3OS. The first-order valence-corrected chi connectivity index (χ1v) is 8.56. The standard InChI is InChI=1S/C19H21N3OS/c23-19(17-9-4-10-20-18(17)24)22-14-12-21(13-15-22)11-5-8-16-6-2-1-3-7-16/h1-10H,11-15H2,(H,20,24)/b8-5+. The predicted molar refractivity (Wildman–Crippen MR) is 99.4 cm³/mol. The summed E-state index contributed by atoms with van der Waals surface area (Å²) in [5.74, 6) is 0.0244. The molecule has 1 fully saturated rings. The minimum absolute atomic E-state index is 0.0244. The Labute approximate surface area is 147 Å². The monoisotopic (exact) mass is 339 g/mol. The fraction of sp³-hybridized carbons (Fsp3) is 0.263. The number of aromatic amines is 1. The molecule has 24 heavy (non-hydrogen) atoms. The molecule has 0 aliphatic carbocycles. The lowest BCUT2D eigenvalue weighted by Gasteiger charge is -2.34. The average molecular weight is 339 g/mol. The van der Waals surface area contributed by atoms with Crippen molar-refractivity contribution in [3.63, 3.8) is 0 Å². The predicted octanol–water partition coefficient (Wildman–Crippen LogP) is 3.22. The van der Waals surface area contributed by atoms with E-state index in [1.54, 1.807) is 12.3 Å². The van der Waals surface area contributed by atoms with Crippen molar-refractivity contribution >= 4 is 24.2 Å². The van der Waals surface area contributed by atoms with Gasteiger partial charge in [0.15, 0.2) is 0 Å². The molecule has 1 aromatic heterocycles. The summed E-state index contributed by atoms with van der Waals surface area (Å²) in [5, 5.41) is 0. The second-order valence-corrected chi connectivity index (χ2v) is 6.23. The van der Waals surface area contributed by atoms with Crippen LogP contribution in [-0.2, 0) is 0 Å². The number of hydrogen-bond acceptors (Lipinski definition) is 3. The Kier molecular flexibility index (Phi) is 5.56. The summed E-state index contributed by atoms with van der Waals surface area (Å²) in [6, 6.07) is 13.9. The molecule has 0 saturated carbocycles. The first-order valence-electron chi connectivity index (χ1n) is 8.15. The van der Waals surface area contributed by atoms with Crippen LogP contribution < -0.4 is 0 Å². The number of nitrogens with one attached hydrogen (secondary N) is 1. The number of rotatable bonds is 4. The average Bonchev–Trinajstić information content (AvgIpc) is 2.63. The van der Waals surface area contributed by atoms with E-state index in [4.69, 9.17) is 12.2 Å². The molecule has 3 rings (SSSR count). The topological polar surface area (TPSA) is 39.3 Å². The van der Waals surface area contributed by atoms with Gasteiger partial charge in [-0.2, -0.15) is 0 Å². The Bertz CT molecular complexity index is 761. The van der Waals surface area contributed by atoms with Gasteiger partial charge in [0.2, 0.25) is 0 Å². The fourth-order valence-corrected chi connectivity index (χ4v) is 3.02. The zero-order valence-electron chi connectivity index (χ0n) is 13.5. The number of carbonyl (C=O) groups is 1. The van der Waals surface area contributed by atoms with Crippen LogP contribution in [0.3, 0.4) is 0 Å². The van der Waals surface area contributed by atoms with Crippen molar-refractivity contribution in [3.8, 4) is 0 Å². The molecule has 0 radical (unpaired) electrons. The third kappa shape index (κ3) is 4.19. The number of benzene rings is 1. The van der Waals surface area contributed by atoms with Crippen LogP contribution in [0, 0.1) is 4.64 Å². The minimum Gasteiger partial charge on any atom is -0.352 e. The summed E-state index contributed by atoms with van der Waals surface area (Å²) < 4.78 is 0.510.